The molecule has 0 fully saturated rings. The van der Waals surface area contributed by atoms with Crippen LogP contribution < -0.4 is 10.5 Å². The van der Waals surface area contributed by atoms with Gasteiger partial charge in [-0.1, -0.05) is 42.5 Å². The highest BCUT2D eigenvalue weighted by molar-refractivity contribution is 5.85. The second-order valence-corrected chi connectivity index (χ2v) is 4.99. The second-order valence-electron chi connectivity index (χ2n) is 4.99. The van der Waals surface area contributed by atoms with Crippen LogP contribution in [0.5, 0.6) is 5.75 Å². The Morgan fingerprint density at radius 3 is 2.23 bits per heavy atom. The lowest BCUT2D eigenvalue weighted by atomic mass is 9.93. The molecule has 0 aliphatic rings. The largest absolute Gasteiger partial charge is 0.489 e. The van der Waals surface area contributed by atoms with Crippen LogP contribution in [0.3, 0.4) is 0 Å². The first kappa shape index (κ1) is 18.0. The van der Waals surface area contributed by atoms with E-state index in [9.17, 15) is 4.79 Å². The van der Waals surface area contributed by atoms with Crippen LogP contribution in [0, 0.1) is 0 Å². The molecule has 2 rings (SSSR count). The fourth-order valence-electron chi connectivity index (χ4n) is 1.97. The molecule has 0 saturated carbocycles. The highest BCUT2D eigenvalue weighted by Gasteiger charge is 2.31. The molecule has 0 spiro atoms. The predicted octanol–water partition coefficient (Wildman–Crippen LogP) is 3.03. The number of esters is 1. The molecule has 2 N–H and O–H groups in total. The molecular formula is C17H20ClNO3. The minimum absolute atomic E-state index is 0. The van der Waals surface area contributed by atoms with Crippen molar-refractivity contribution in [2.24, 2.45) is 5.73 Å². The topological polar surface area (TPSA) is 61.5 Å². The highest BCUT2D eigenvalue weighted by atomic mass is 35.5. The molecule has 1 atom stereocenters. The SMILES string of the molecule is COC(=O)C(C)(N)c1ccc(OCc2ccccc2)cc1.Cl. The molecule has 5 heteroatoms. The zero-order valence-electron chi connectivity index (χ0n) is 12.6. The molecule has 22 heavy (non-hydrogen) atoms. The summed E-state index contributed by atoms with van der Waals surface area (Å²) in [4.78, 5) is 11.7. The van der Waals surface area contributed by atoms with Crippen LogP contribution in [0.25, 0.3) is 0 Å². The number of benzene rings is 2. The van der Waals surface area contributed by atoms with Gasteiger partial charge in [-0.25, -0.2) is 4.79 Å². The fraction of sp³-hybridized carbons (Fsp3) is 0.235. The van der Waals surface area contributed by atoms with Crippen molar-refractivity contribution in [3.63, 3.8) is 0 Å². The van der Waals surface area contributed by atoms with E-state index in [1.165, 1.54) is 7.11 Å². The molecule has 118 valence electrons. The Kier molecular flexibility index (Phi) is 6.40. The Morgan fingerprint density at radius 1 is 1.09 bits per heavy atom. The van der Waals surface area contributed by atoms with E-state index in [1.54, 1.807) is 31.2 Å². The van der Waals surface area contributed by atoms with Crippen molar-refractivity contribution in [1.82, 2.24) is 0 Å². The van der Waals surface area contributed by atoms with E-state index >= 15 is 0 Å². The van der Waals surface area contributed by atoms with Crippen molar-refractivity contribution < 1.29 is 14.3 Å². The van der Waals surface area contributed by atoms with Gasteiger partial charge < -0.3 is 15.2 Å². The van der Waals surface area contributed by atoms with Gasteiger partial charge in [0.2, 0.25) is 0 Å². The van der Waals surface area contributed by atoms with Crippen molar-refractivity contribution in [2.45, 2.75) is 19.1 Å². The Hall–Kier alpha value is -2.04. The number of hydrogen-bond donors (Lipinski definition) is 1. The maximum absolute atomic E-state index is 11.7. The lowest BCUT2D eigenvalue weighted by Gasteiger charge is -2.22. The number of carbonyl (C=O) groups is 1. The molecule has 2 aromatic carbocycles. The summed E-state index contributed by atoms with van der Waals surface area (Å²) >= 11 is 0. The van der Waals surface area contributed by atoms with Crippen molar-refractivity contribution >= 4 is 18.4 Å². The maximum atomic E-state index is 11.7. The van der Waals surface area contributed by atoms with E-state index in [-0.39, 0.29) is 12.4 Å². The summed E-state index contributed by atoms with van der Waals surface area (Å²) < 4.78 is 10.4. The molecule has 0 bridgehead atoms. The van der Waals surface area contributed by atoms with Crippen LogP contribution in [0.15, 0.2) is 54.6 Å². The molecule has 4 nitrogen and oxygen atoms in total. The third kappa shape index (κ3) is 4.23. The predicted molar refractivity (Wildman–Crippen MR) is 88.0 cm³/mol. The van der Waals surface area contributed by atoms with Crippen LogP contribution in [-0.2, 0) is 21.7 Å². The molecule has 0 saturated heterocycles. The number of halogens is 1. The van der Waals surface area contributed by atoms with Gasteiger partial charge in [-0.3, -0.25) is 0 Å². The molecular weight excluding hydrogens is 302 g/mol. The molecule has 0 aliphatic heterocycles. The zero-order valence-corrected chi connectivity index (χ0v) is 13.4. The van der Waals surface area contributed by atoms with Gasteiger partial charge in [0.25, 0.3) is 0 Å². The van der Waals surface area contributed by atoms with E-state index in [0.717, 1.165) is 11.3 Å². The van der Waals surface area contributed by atoms with Crippen molar-refractivity contribution in [2.75, 3.05) is 7.11 Å². The van der Waals surface area contributed by atoms with Gasteiger partial charge in [0, 0.05) is 0 Å². The van der Waals surface area contributed by atoms with E-state index in [1.807, 2.05) is 30.3 Å². The van der Waals surface area contributed by atoms with Gasteiger partial charge in [0.15, 0.2) is 0 Å². The third-order valence-electron chi connectivity index (χ3n) is 3.31. The summed E-state index contributed by atoms with van der Waals surface area (Å²) in [6.45, 7) is 2.12. The normalized spacial score (nSPS) is 12.7. The van der Waals surface area contributed by atoms with Gasteiger partial charge in [-0.05, 0) is 30.2 Å². The van der Waals surface area contributed by atoms with E-state index < -0.39 is 11.5 Å². The Morgan fingerprint density at radius 2 is 1.68 bits per heavy atom. The summed E-state index contributed by atoms with van der Waals surface area (Å²) in [6.07, 6.45) is 0. The van der Waals surface area contributed by atoms with Crippen LogP contribution in [0.2, 0.25) is 0 Å². The number of ether oxygens (including phenoxy) is 2. The minimum Gasteiger partial charge on any atom is -0.489 e. The van der Waals surface area contributed by atoms with Crippen molar-refractivity contribution in [3.8, 4) is 5.75 Å². The summed E-state index contributed by atoms with van der Waals surface area (Å²) in [5, 5.41) is 0. The van der Waals surface area contributed by atoms with Crippen LogP contribution >= 0.6 is 12.4 Å². The molecule has 2 aromatic rings. The molecule has 0 amide bonds. The number of carbonyl (C=O) groups excluding carboxylic acids is 1. The zero-order chi connectivity index (χ0) is 15.3. The van der Waals surface area contributed by atoms with E-state index in [2.05, 4.69) is 0 Å². The second kappa shape index (κ2) is 7.82. The first-order chi connectivity index (χ1) is 10.0. The van der Waals surface area contributed by atoms with E-state index in [4.69, 9.17) is 15.2 Å². The Balaban J connectivity index is 0.00000242. The maximum Gasteiger partial charge on any atom is 0.330 e. The summed E-state index contributed by atoms with van der Waals surface area (Å²) in [5.74, 6) is 0.253. The highest BCUT2D eigenvalue weighted by Crippen LogP contribution is 2.22. The summed E-state index contributed by atoms with van der Waals surface area (Å²) in [7, 11) is 1.32. The minimum atomic E-state index is -1.16. The average molecular weight is 322 g/mol. The smallest absolute Gasteiger partial charge is 0.330 e. The van der Waals surface area contributed by atoms with Crippen LogP contribution in [0.4, 0.5) is 0 Å². The average Bonchev–Trinajstić information content (AvgIpc) is 2.53. The first-order valence-electron chi connectivity index (χ1n) is 6.68. The lowest BCUT2D eigenvalue weighted by molar-refractivity contribution is -0.146. The van der Waals surface area contributed by atoms with Gasteiger partial charge >= 0.3 is 5.97 Å². The van der Waals surface area contributed by atoms with Crippen LogP contribution in [-0.4, -0.2) is 13.1 Å². The van der Waals surface area contributed by atoms with Gasteiger partial charge in [-0.2, -0.15) is 0 Å². The van der Waals surface area contributed by atoms with Gasteiger partial charge in [-0.15, -0.1) is 12.4 Å². The molecule has 0 radical (unpaired) electrons. The van der Waals surface area contributed by atoms with Crippen LogP contribution in [0.1, 0.15) is 18.1 Å². The molecule has 0 aliphatic carbocycles. The number of hydrogen-bond acceptors (Lipinski definition) is 4. The quantitative estimate of drug-likeness (QED) is 0.860. The van der Waals surface area contributed by atoms with Crippen molar-refractivity contribution in [1.29, 1.82) is 0 Å². The first-order valence-corrected chi connectivity index (χ1v) is 6.68. The van der Waals surface area contributed by atoms with Crippen molar-refractivity contribution in [3.05, 3.63) is 65.7 Å². The van der Waals surface area contributed by atoms with E-state index in [0.29, 0.717) is 12.2 Å². The standard InChI is InChI=1S/C17H19NO3.ClH/c1-17(18,16(19)20-2)14-8-10-15(11-9-14)21-12-13-6-4-3-5-7-13;/h3-11H,12,18H2,1-2H3;1H. The molecule has 0 heterocycles. The van der Waals surface area contributed by atoms with Gasteiger partial charge in [0.1, 0.15) is 17.9 Å². The Labute approximate surface area is 136 Å². The third-order valence-corrected chi connectivity index (χ3v) is 3.31. The molecule has 0 aromatic heterocycles. The fourth-order valence-corrected chi connectivity index (χ4v) is 1.97. The number of nitrogens with two attached hydrogens (primary N) is 1. The monoisotopic (exact) mass is 321 g/mol. The number of rotatable bonds is 5. The molecule has 1 unspecified atom stereocenters. The number of methoxy groups -OCH3 is 1. The summed E-state index contributed by atoms with van der Waals surface area (Å²) in [6, 6.07) is 17.1. The summed E-state index contributed by atoms with van der Waals surface area (Å²) in [5.41, 5.74) is 6.61. The Bertz CT molecular complexity index is 597. The van der Waals surface area contributed by atoms with Gasteiger partial charge in [0.05, 0.1) is 7.11 Å². The lowest BCUT2D eigenvalue weighted by Crippen LogP contribution is -2.42.